The number of hydrogen-bond donors (Lipinski definition) is 2. The first kappa shape index (κ1) is 25.8. The van der Waals surface area contributed by atoms with Crippen LogP contribution in [0.4, 0.5) is 5.69 Å². The summed E-state index contributed by atoms with van der Waals surface area (Å²) < 4.78 is 6.79. The van der Waals surface area contributed by atoms with Gasteiger partial charge >= 0.3 is 191 Å². The van der Waals surface area contributed by atoms with Crippen molar-refractivity contribution in [2.24, 2.45) is 11.3 Å². The van der Waals surface area contributed by atoms with Gasteiger partial charge in [0.05, 0.1) is 0 Å². The number of anilines is 1. The molecule has 5 rings (SSSR count). The Morgan fingerprint density at radius 1 is 1.22 bits per heavy atom. The zero-order valence-corrected chi connectivity index (χ0v) is 24.4. The molecule has 3 aromatic rings. The summed E-state index contributed by atoms with van der Waals surface area (Å²) >= 11 is -0.811. The Bertz CT molecular complexity index is 1210. The van der Waals surface area contributed by atoms with Crippen molar-refractivity contribution < 1.29 is 9.53 Å². The summed E-state index contributed by atoms with van der Waals surface area (Å²) in [6, 6.07) is 8.64. The molecule has 196 valence electrons. The molecule has 0 atom stereocenters. The van der Waals surface area contributed by atoms with Crippen molar-refractivity contribution in [1.82, 2.24) is 15.2 Å². The fraction of sp³-hybridized carbons (Fsp3) is 0.586. The maximum atomic E-state index is 13.5. The van der Waals surface area contributed by atoms with E-state index in [4.69, 9.17) is 9.84 Å². The summed E-state index contributed by atoms with van der Waals surface area (Å²) in [7, 11) is 0. The number of rotatable bonds is 8. The monoisotopic (exact) mass is 604 g/mol. The predicted molar refractivity (Wildman–Crippen MR) is 158 cm³/mol. The third-order valence-electron chi connectivity index (χ3n) is 7.83. The molecule has 6 nitrogen and oxygen atoms in total. The number of aromatic amines is 2. The third-order valence-corrected chi connectivity index (χ3v) is 10.8. The molecule has 1 saturated heterocycles. The van der Waals surface area contributed by atoms with Crippen molar-refractivity contribution in [3.05, 3.63) is 35.5 Å². The molecule has 0 saturated carbocycles. The second-order valence-corrected chi connectivity index (χ2v) is 17.9. The van der Waals surface area contributed by atoms with Crippen LogP contribution in [0.25, 0.3) is 22.3 Å². The molecule has 36 heavy (non-hydrogen) atoms. The van der Waals surface area contributed by atoms with E-state index in [1.165, 1.54) is 22.1 Å². The zero-order chi connectivity index (χ0) is 25.3. The number of benzene rings is 1. The summed E-state index contributed by atoms with van der Waals surface area (Å²) in [4.78, 5) is 24.0. The molecule has 1 aliphatic carbocycles. The Kier molecular flexibility index (Phi) is 7.77. The SMILES string of the molecule is CI(C)CCCN(C(=O)CC1CCOCC1)c1ccc2cc(-c3n[nH]c4c3CCC(C)(C)C4)[nH]c2c1. The normalized spacial score (nSPS) is 18.3. The first-order valence-electron chi connectivity index (χ1n) is 13.3. The van der Waals surface area contributed by atoms with Crippen molar-refractivity contribution in [2.75, 3.05) is 38.9 Å². The van der Waals surface area contributed by atoms with Crippen molar-refractivity contribution in [2.45, 2.75) is 58.8 Å². The molecule has 2 N–H and O–H groups in total. The van der Waals surface area contributed by atoms with E-state index in [2.05, 4.69) is 58.1 Å². The number of halogens is 1. The molecule has 0 spiro atoms. The molecule has 2 aliphatic rings. The number of H-pyrrole nitrogens is 2. The van der Waals surface area contributed by atoms with E-state index in [0.717, 1.165) is 79.8 Å². The molecule has 0 bridgehead atoms. The van der Waals surface area contributed by atoms with Crippen LogP contribution in [0, 0.1) is 11.3 Å². The Hall–Kier alpha value is -1.87. The van der Waals surface area contributed by atoms with Crippen molar-refractivity contribution in [3.63, 3.8) is 0 Å². The van der Waals surface area contributed by atoms with E-state index in [-0.39, 0.29) is 5.91 Å². The van der Waals surface area contributed by atoms with Gasteiger partial charge in [-0.1, -0.05) is 13.8 Å². The van der Waals surface area contributed by atoms with E-state index < -0.39 is 19.8 Å². The van der Waals surface area contributed by atoms with Gasteiger partial charge in [0, 0.05) is 0 Å². The molecule has 0 radical (unpaired) electrons. The number of alkyl halides is 3. The van der Waals surface area contributed by atoms with Crippen molar-refractivity contribution >= 4 is 42.3 Å². The predicted octanol–water partition coefficient (Wildman–Crippen LogP) is 6.38. The topological polar surface area (TPSA) is 74.0 Å². The quantitative estimate of drug-likeness (QED) is 0.232. The second-order valence-electron chi connectivity index (χ2n) is 11.6. The van der Waals surface area contributed by atoms with E-state index in [9.17, 15) is 4.79 Å². The molecule has 7 heteroatoms. The number of nitrogens with one attached hydrogen (secondary N) is 2. The number of fused-ring (bicyclic) bond motifs is 2. The summed E-state index contributed by atoms with van der Waals surface area (Å²) in [5, 5.41) is 9.18. The number of carbonyl (C=O) groups excluding carboxylic acids is 1. The van der Waals surface area contributed by atoms with Crippen molar-refractivity contribution in [1.29, 1.82) is 0 Å². The fourth-order valence-electron chi connectivity index (χ4n) is 5.67. The van der Waals surface area contributed by atoms with Gasteiger partial charge in [0.2, 0.25) is 0 Å². The number of hydrogen-bond acceptors (Lipinski definition) is 3. The first-order valence-corrected chi connectivity index (χ1v) is 19.2. The molecular formula is C29H41IN4O2. The molecular weight excluding hydrogens is 563 g/mol. The van der Waals surface area contributed by atoms with Gasteiger partial charge in [-0.3, -0.25) is 0 Å². The minimum atomic E-state index is -0.811. The Morgan fingerprint density at radius 2 is 2.03 bits per heavy atom. The summed E-state index contributed by atoms with van der Waals surface area (Å²) in [5.41, 5.74) is 7.14. The van der Waals surface area contributed by atoms with Gasteiger partial charge in [-0.05, 0) is 18.3 Å². The van der Waals surface area contributed by atoms with Crippen LogP contribution >= 0.6 is 19.8 Å². The van der Waals surface area contributed by atoms with Gasteiger partial charge in [0.15, 0.2) is 0 Å². The molecule has 3 heterocycles. The number of carbonyl (C=O) groups is 1. The van der Waals surface area contributed by atoms with E-state index in [0.29, 0.717) is 17.8 Å². The van der Waals surface area contributed by atoms with Gasteiger partial charge in [-0.25, -0.2) is 0 Å². The molecule has 1 fully saturated rings. The van der Waals surface area contributed by atoms with E-state index in [1.54, 1.807) is 0 Å². The summed E-state index contributed by atoms with van der Waals surface area (Å²) in [5.74, 6) is 0.690. The molecule has 1 aliphatic heterocycles. The number of nitrogens with zero attached hydrogens (tertiary/aromatic N) is 2. The number of amides is 1. The molecule has 2 aromatic heterocycles. The van der Waals surface area contributed by atoms with Crippen LogP contribution in [0.15, 0.2) is 24.3 Å². The van der Waals surface area contributed by atoms with Gasteiger partial charge in [-0.2, -0.15) is 0 Å². The van der Waals surface area contributed by atoms with Crippen LogP contribution in [0.1, 0.15) is 57.2 Å². The molecule has 1 aromatic carbocycles. The van der Waals surface area contributed by atoms with Crippen LogP contribution < -0.4 is 4.90 Å². The maximum absolute atomic E-state index is 13.5. The van der Waals surface area contributed by atoms with Crippen LogP contribution in [-0.2, 0) is 22.4 Å². The first-order chi connectivity index (χ1) is 17.3. The van der Waals surface area contributed by atoms with Gasteiger partial charge < -0.3 is 0 Å². The number of ether oxygens (including phenoxy) is 1. The average molecular weight is 605 g/mol. The Labute approximate surface area is 222 Å². The number of aromatic nitrogens is 3. The Balaban J connectivity index is 1.40. The van der Waals surface area contributed by atoms with Crippen molar-refractivity contribution in [3.8, 4) is 11.4 Å². The molecule has 0 unspecified atom stereocenters. The van der Waals surface area contributed by atoms with Crippen LogP contribution in [-0.4, -0.2) is 55.1 Å². The Morgan fingerprint density at radius 3 is 2.81 bits per heavy atom. The minimum absolute atomic E-state index is 0.254. The standard InChI is InChI=1S/C29H41IN4O2/c1-29(2)11-8-23-26(19-29)32-33-28(23)25-17-21-6-7-22(18-24(21)31-25)34(13-5-12-30(3)4)27(35)16-20-9-14-36-15-10-20/h6-7,17-18,20,31H,5,8-16,19H2,1-4H3,(H,32,33). The van der Waals surface area contributed by atoms with Crippen LogP contribution in [0.5, 0.6) is 0 Å². The average Bonchev–Trinajstić information content (AvgIpc) is 3.44. The van der Waals surface area contributed by atoms with Crippen LogP contribution in [0.2, 0.25) is 0 Å². The van der Waals surface area contributed by atoms with Crippen LogP contribution in [0.3, 0.4) is 0 Å². The zero-order valence-electron chi connectivity index (χ0n) is 22.3. The third kappa shape index (κ3) is 5.82. The van der Waals surface area contributed by atoms with Gasteiger partial charge in [0.1, 0.15) is 0 Å². The van der Waals surface area contributed by atoms with Gasteiger partial charge in [-0.15, -0.1) is 0 Å². The van der Waals surface area contributed by atoms with E-state index in [1.807, 2.05) is 4.90 Å². The summed E-state index contributed by atoms with van der Waals surface area (Å²) in [6.45, 7) is 7.03. The molecule has 1 amide bonds. The summed E-state index contributed by atoms with van der Waals surface area (Å²) in [6.07, 6.45) is 6.97. The fourth-order valence-corrected chi connectivity index (χ4v) is 7.54. The van der Waals surface area contributed by atoms with Gasteiger partial charge in [0.25, 0.3) is 0 Å². The second kappa shape index (κ2) is 10.9. The van der Waals surface area contributed by atoms with E-state index >= 15 is 0 Å².